The summed E-state index contributed by atoms with van der Waals surface area (Å²) in [6, 6.07) is 8.89. The quantitative estimate of drug-likeness (QED) is 0.564. The number of aromatic nitrogens is 2. The minimum absolute atomic E-state index is 0.174. The van der Waals surface area contributed by atoms with Gasteiger partial charge in [-0.25, -0.2) is 4.79 Å². The summed E-state index contributed by atoms with van der Waals surface area (Å²) in [5.74, 6) is 0.704. The van der Waals surface area contributed by atoms with E-state index in [2.05, 4.69) is 27.2 Å². The number of hydrogen-bond acceptors (Lipinski definition) is 6. The lowest BCUT2D eigenvalue weighted by atomic mass is 9.84. The molecule has 0 bridgehead atoms. The third-order valence-corrected chi connectivity index (χ3v) is 9.05. The SMILES string of the molecule is C[C@H]1CC[C@H](N(C(=O)Nc2nnc(S(=O)(=O)Nc3ccccc3)s2)C2CCCCC2)CC1. The van der Waals surface area contributed by atoms with Gasteiger partial charge in [0.15, 0.2) is 0 Å². The third-order valence-electron chi connectivity index (χ3n) is 6.46. The van der Waals surface area contributed by atoms with Crippen LogP contribution in [0.1, 0.15) is 64.7 Å². The van der Waals surface area contributed by atoms with Gasteiger partial charge in [0, 0.05) is 17.8 Å². The molecular weight excluding hydrogens is 446 g/mol. The topological polar surface area (TPSA) is 104 Å². The molecule has 1 aromatic carbocycles. The van der Waals surface area contributed by atoms with Gasteiger partial charge in [-0.1, -0.05) is 55.7 Å². The normalized spacial score (nSPS) is 22.3. The summed E-state index contributed by atoms with van der Waals surface area (Å²) in [4.78, 5) is 15.4. The maximum Gasteiger partial charge on any atom is 0.324 e. The first-order valence-electron chi connectivity index (χ1n) is 11.4. The van der Waals surface area contributed by atoms with E-state index in [1.165, 1.54) is 6.42 Å². The molecule has 0 spiro atoms. The average molecular weight is 478 g/mol. The summed E-state index contributed by atoms with van der Waals surface area (Å²) in [5.41, 5.74) is 0.447. The Morgan fingerprint density at radius 3 is 2.31 bits per heavy atom. The number of amides is 2. The van der Waals surface area contributed by atoms with Crippen molar-refractivity contribution < 1.29 is 13.2 Å². The van der Waals surface area contributed by atoms with Gasteiger partial charge >= 0.3 is 6.03 Å². The first-order chi connectivity index (χ1) is 15.4. The predicted octanol–water partition coefficient (Wildman–Crippen LogP) is 5.08. The van der Waals surface area contributed by atoms with E-state index in [0.29, 0.717) is 11.6 Å². The number of anilines is 2. The largest absolute Gasteiger partial charge is 0.324 e. The molecule has 174 valence electrons. The maximum absolute atomic E-state index is 13.3. The number of rotatable bonds is 6. The van der Waals surface area contributed by atoms with Gasteiger partial charge in [0.1, 0.15) is 0 Å². The van der Waals surface area contributed by atoms with Crippen LogP contribution in [0.25, 0.3) is 0 Å². The van der Waals surface area contributed by atoms with E-state index in [1.54, 1.807) is 30.3 Å². The Labute approximate surface area is 193 Å². The number of nitrogens with one attached hydrogen (secondary N) is 2. The summed E-state index contributed by atoms with van der Waals surface area (Å²) in [6.45, 7) is 2.27. The average Bonchev–Trinajstić information content (AvgIpc) is 3.26. The van der Waals surface area contributed by atoms with Crippen LogP contribution in [0.15, 0.2) is 34.7 Å². The third kappa shape index (κ3) is 5.58. The summed E-state index contributed by atoms with van der Waals surface area (Å²) >= 11 is 0.867. The summed E-state index contributed by atoms with van der Waals surface area (Å²) < 4.78 is 27.6. The lowest BCUT2D eigenvalue weighted by molar-refractivity contribution is 0.105. The first-order valence-corrected chi connectivity index (χ1v) is 13.7. The Morgan fingerprint density at radius 2 is 1.62 bits per heavy atom. The van der Waals surface area contributed by atoms with Gasteiger partial charge in [-0.3, -0.25) is 10.0 Å². The fourth-order valence-electron chi connectivity index (χ4n) is 4.74. The lowest BCUT2D eigenvalue weighted by Gasteiger charge is -2.42. The predicted molar refractivity (Wildman–Crippen MR) is 126 cm³/mol. The molecule has 2 aromatic rings. The molecule has 2 aliphatic rings. The smallest absolute Gasteiger partial charge is 0.319 e. The van der Waals surface area contributed by atoms with Crippen molar-refractivity contribution >= 4 is 38.2 Å². The lowest BCUT2D eigenvalue weighted by Crippen LogP contribution is -2.51. The van der Waals surface area contributed by atoms with Crippen molar-refractivity contribution in [3.8, 4) is 0 Å². The van der Waals surface area contributed by atoms with E-state index < -0.39 is 10.0 Å². The van der Waals surface area contributed by atoms with Crippen LogP contribution in [0.2, 0.25) is 0 Å². The molecule has 1 aromatic heterocycles. The molecular formula is C22H31N5O3S2. The number of carbonyl (C=O) groups excluding carboxylic acids is 1. The molecule has 1 heterocycles. The molecule has 0 atom stereocenters. The molecule has 2 amide bonds. The first kappa shape index (κ1) is 23.0. The fourth-order valence-corrected chi connectivity index (χ4v) is 6.69. The van der Waals surface area contributed by atoms with Crippen LogP contribution in [0.5, 0.6) is 0 Å². The van der Waals surface area contributed by atoms with Gasteiger partial charge in [0.05, 0.1) is 0 Å². The molecule has 4 rings (SSSR count). The molecule has 0 aliphatic heterocycles. The Balaban J connectivity index is 1.47. The van der Waals surface area contributed by atoms with Gasteiger partial charge < -0.3 is 4.90 Å². The number of para-hydroxylation sites is 1. The zero-order valence-electron chi connectivity index (χ0n) is 18.4. The highest BCUT2D eigenvalue weighted by Gasteiger charge is 2.34. The Morgan fingerprint density at radius 1 is 0.969 bits per heavy atom. The van der Waals surface area contributed by atoms with Gasteiger partial charge in [0.25, 0.3) is 14.4 Å². The van der Waals surface area contributed by atoms with Crippen molar-refractivity contribution in [2.24, 2.45) is 5.92 Å². The standard InChI is InChI=1S/C22H31N5O3S2/c1-16-12-14-19(15-13-16)27(18-10-6-3-7-11-18)21(28)23-20-24-25-22(31-20)32(29,30)26-17-8-4-2-5-9-17/h2,4-5,8-9,16,18-19,26H,3,6-7,10-15H2,1H3,(H,23,24,28)/t16-,19-. The van der Waals surface area contributed by atoms with E-state index in [4.69, 9.17) is 0 Å². The molecule has 8 nitrogen and oxygen atoms in total. The molecule has 2 N–H and O–H groups in total. The Hall–Kier alpha value is -2.20. The van der Waals surface area contributed by atoms with Crippen molar-refractivity contribution in [2.45, 2.75) is 81.1 Å². The highest BCUT2D eigenvalue weighted by molar-refractivity contribution is 7.94. The van der Waals surface area contributed by atoms with E-state index >= 15 is 0 Å². The van der Waals surface area contributed by atoms with Gasteiger partial charge in [-0.15, -0.1) is 10.2 Å². The molecule has 2 saturated carbocycles. The maximum atomic E-state index is 13.3. The van der Waals surface area contributed by atoms with Crippen molar-refractivity contribution in [2.75, 3.05) is 10.0 Å². The van der Waals surface area contributed by atoms with Crippen molar-refractivity contribution in [1.29, 1.82) is 0 Å². The Kier molecular flexibility index (Phi) is 7.30. The molecule has 0 unspecified atom stereocenters. The number of urea groups is 1. The molecule has 2 fully saturated rings. The Bertz CT molecular complexity index is 998. The fraction of sp³-hybridized carbons (Fsp3) is 0.591. The molecule has 32 heavy (non-hydrogen) atoms. The second-order valence-electron chi connectivity index (χ2n) is 8.89. The van der Waals surface area contributed by atoms with Crippen LogP contribution in [0.4, 0.5) is 15.6 Å². The van der Waals surface area contributed by atoms with Crippen LogP contribution in [0, 0.1) is 5.92 Å². The van der Waals surface area contributed by atoms with Crippen LogP contribution < -0.4 is 10.0 Å². The van der Waals surface area contributed by atoms with Gasteiger partial charge in [-0.05, 0) is 56.6 Å². The summed E-state index contributed by atoms with van der Waals surface area (Å²) in [6.07, 6.45) is 9.85. The van der Waals surface area contributed by atoms with Crippen LogP contribution in [0.3, 0.4) is 0 Å². The van der Waals surface area contributed by atoms with Gasteiger partial charge in [0.2, 0.25) is 5.13 Å². The van der Waals surface area contributed by atoms with Crippen LogP contribution in [-0.2, 0) is 10.0 Å². The second-order valence-corrected chi connectivity index (χ2v) is 11.7. The van der Waals surface area contributed by atoms with Crippen molar-refractivity contribution in [1.82, 2.24) is 15.1 Å². The van der Waals surface area contributed by atoms with Crippen molar-refractivity contribution in [3.05, 3.63) is 30.3 Å². The highest BCUT2D eigenvalue weighted by Crippen LogP contribution is 2.33. The molecule has 2 aliphatic carbocycles. The van der Waals surface area contributed by atoms with E-state index in [0.717, 1.165) is 62.7 Å². The second kappa shape index (κ2) is 10.2. The summed E-state index contributed by atoms with van der Waals surface area (Å²) in [7, 11) is -3.87. The van der Waals surface area contributed by atoms with Crippen molar-refractivity contribution in [3.63, 3.8) is 0 Å². The number of hydrogen-bond donors (Lipinski definition) is 2. The molecule has 0 saturated heterocycles. The zero-order valence-corrected chi connectivity index (χ0v) is 20.0. The number of benzene rings is 1. The van der Waals surface area contributed by atoms with Crippen LogP contribution in [-0.4, -0.2) is 41.6 Å². The molecule has 0 radical (unpaired) electrons. The monoisotopic (exact) mass is 477 g/mol. The minimum atomic E-state index is -3.87. The zero-order chi connectivity index (χ0) is 22.6. The van der Waals surface area contributed by atoms with Crippen LogP contribution >= 0.6 is 11.3 Å². The summed E-state index contributed by atoms with van der Waals surface area (Å²) in [5, 5.41) is 10.8. The molecule has 10 heteroatoms. The number of nitrogens with zero attached hydrogens (tertiary/aromatic N) is 3. The van der Waals surface area contributed by atoms with E-state index in [1.807, 2.05) is 4.90 Å². The van der Waals surface area contributed by atoms with E-state index in [-0.39, 0.29) is 27.6 Å². The van der Waals surface area contributed by atoms with Gasteiger partial charge in [-0.2, -0.15) is 8.42 Å². The van der Waals surface area contributed by atoms with E-state index in [9.17, 15) is 13.2 Å². The highest BCUT2D eigenvalue weighted by atomic mass is 32.2. The minimum Gasteiger partial charge on any atom is -0.319 e. The number of sulfonamides is 1. The number of carbonyl (C=O) groups is 1.